The predicted octanol–water partition coefficient (Wildman–Crippen LogP) is 3.91. The van der Waals surface area contributed by atoms with E-state index in [9.17, 15) is 0 Å². The van der Waals surface area contributed by atoms with Gasteiger partial charge in [0, 0.05) is 49.6 Å². The summed E-state index contributed by atoms with van der Waals surface area (Å²) in [4.78, 5) is 11.5. The van der Waals surface area contributed by atoms with Crippen molar-refractivity contribution in [2.45, 2.75) is 36.6 Å². The highest BCUT2D eigenvalue weighted by atomic mass is 32.2. The zero-order valence-corrected chi connectivity index (χ0v) is 17.6. The van der Waals surface area contributed by atoms with Gasteiger partial charge >= 0.3 is 0 Å². The average molecular weight is 410 g/mol. The second-order valence-electron chi connectivity index (χ2n) is 6.12. The maximum absolute atomic E-state index is 4.75. The van der Waals surface area contributed by atoms with E-state index in [0.717, 1.165) is 61.5 Å². The third-order valence-electron chi connectivity index (χ3n) is 4.21. The van der Waals surface area contributed by atoms with Crippen LogP contribution in [0.3, 0.4) is 0 Å². The summed E-state index contributed by atoms with van der Waals surface area (Å²) >= 11 is 5.36. The number of rotatable bonds is 8. The number of thiophene rings is 1. The van der Waals surface area contributed by atoms with Crippen molar-refractivity contribution >= 4 is 45.4 Å². The zero-order valence-electron chi connectivity index (χ0n) is 15.2. The molecule has 26 heavy (non-hydrogen) atoms. The monoisotopic (exact) mass is 409 g/mol. The Morgan fingerprint density at radius 2 is 2.23 bits per heavy atom. The van der Waals surface area contributed by atoms with Crippen LogP contribution in [-0.4, -0.2) is 48.9 Å². The van der Waals surface area contributed by atoms with Gasteiger partial charge in [0.15, 0.2) is 5.96 Å². The van der Waals surface area contributed by atoms with Crippen LogP contribution in [0.1, 0.15) is 26.2 Å². The first kappa shape index (κ1) is 19.5. The lowest BCUT2D eigenvalue weighted by Crippen LogP contribution is -2.48. The maximum Gasteiger partial charge on any atom is 0.191 e. The highest BCUT2D eigenvalue weighted by molar-refractivity contribution is 8.00. The first-order valence-corrected chi connectivity index (χ1v) is 11.9. The Labute approximate surface area is 168 Å². The van der Waals surface area contributed by atoms with Gasteiger partial charge in [-0.15, -0.1) is 22.7 Å². The molecular weight excluding hydrogens is 382 g/mol. The molecule has 0 radical (unpaired) electrons. The summed E-state index contributed by atoms with van der Waals surface area (Å²) in [5.74, 6) is 2.02. The Bertz CT molecular complexity index is 634. The van der Waals surface area contributed by atoms with Crippen LogP contribution in [0.4, 0.5) is 5.00 Å². The summed E-state index contributed by atoms with van der Waals surface area (Å²) in [7, 11) is 0. The van der Waals surface area contributed by atoms with Crippen LogP contribution < -0.4 is 15.5 Å². The summed E-state index contributed by atoms with van der Waals surface area (Å²) < 4.78 is 1.15. The van der Waals surface area contributed by atoms with Gasteiger partial charge in [-0.25, -0.2) is 4.98 Å². The van der Waals surface area contributed by atoms with Gasteiger partial charge in [0.2, 0.25) is 0 Å². The lowest BCUT2D eigenvalue weighted by Gasteiger charge is -2.33. The molecule has 2 aromatic rings. The fourth-order valence-corrected chi connectivity index (χ4v) is 5.32. The molecule has 0 aliphatic carbocycles. The molecule has 0 amide bonds. The Morgan fingerprint density at radius 3 is 2.92 bits per heavy atom. The van der Waals surface area contributed by atoms with Crippen LogP contribution in [0.2, 0.25) is 0 Å². The topological polar surface area (TPSA) is 52.6 Å². The minimum Gasteiger partial charge on any atom is -0.363 e. The van der Waals surface area contributed by atoms with Crippen molar-refractivity contribution in [3.8, 4) is 0 Å². The Hall–Kier alpha value is -1.25. The van der Waals surface area contributed by atoms with Gasteiger partial charge in [0.1, 0.15) is 4.34 Å². The number of nitrogens with zero attached hydrogens (tertiary/aromatic N) is 3. The summed E-state index contributed by atoms with van der Waals surface area (Å²) in [5, 5.41) is 12.6. The molecule has 1 aliphatic rings. The third-order valence-corrected chi connectivity index (χ3v) is 7.19. The third kappa shape index (κ3) is 6.17. The zero-order chi connectivity index (χ0) is 18.0. The van der Waals surface area contributed by atoms with Crippen LogP contribution >= 0.6 is 34.4 Å². The van der Waals surface area contributed by atoms with Gasteiger partial charge in [-0.1, -0.05) is 11.8 Å². The van der Waals surface area contributed by atoms with Gasteiger partial charge in [-0.2, -0.15) is 0 Å². The minimum atomic E-state index is 0.508. The van der Waals surface area contributed by atoms with E-state index in [2.05, 4.69) is 45.0 Å². The second kappa shape index (κ2) is 10.8. The van der Waals surface area contributed by atoms with Crippen LogP contribution in [0.5, 0.6) is 0 Å². The number of guanidine groups is 1. The summed E-state index contributed by atoms with van der Waals surface area (Å²) in [5.41, 5.74) is 0. The van der Waals surface area contributed by atoms with Gasteiger partial charge in [-0.05, 0) is 43.7 Å². The van der Waals surface area contributed by atoms with Crippen molar-refractivity contribution in [1.82, 2.24) is 15.6 Å². The molecule has 3 rings (SSSR count). The van der Waals surface area contributed by atoms with E-state index >= 15 is 0 Å². The molecule has 8 heteroatoms. The average Bonchev–Trinajstić information content (AvgIpc) is 3.36. The molecule has 0 spiro atoms. The van der Waals surface area contributed by atoms with E-state index in [0.29, 0.717) is 6.04 Å². The smallest absolute Gasteiger partial charge is 0.191 e. The highest BCUT2D eigenvalue weighted by Crippen LogP contribution is 2.24. The largest absolute Gasteiger partial charge is 0.363 e. The molecule has 5 nitrogen and oxygen atoms in total. The van der Waals surface area contributed by atoms with Crippen molar-refractivity contribution in [1.29, 1.82) is 0 Å². The summed E-state index contributed by atoms with van der Waals surface area (Å²) in [6.45, 7) is 6.09. The molecule has 0 saturated carbocycles. The number of aliphatic imine (C=N–C) groups is 1. The van der Waals surface area contributed by atoms with Crippen molar-refractivity contribution in [3.05, 3.63) is 29.1 Å². The fourth-order valence-electron chi connectivity index (χ4n) is 2.90. The molecule has 1 fully saturated rings. The Kier molecular flexibility index (Phi) is 8.10. The van der Waals surface area contributed by atoms with Gasteiger partial charge in [-0.3, -0.25) is 4.99 Å². The molecule has 0 bridgehead atoms. The van der Waals surface area contributed by atoms with E-state index in [1.165, 1.54) is 5.00 Å². The maximum atomic E-state index is 4.75. The van der Waals surface area contributed by atoms with Crippen molar-refractivity contribution in [3.63, 3.8) is 0 Å². The molecule has 0 aromatic carbocycles. The molecule has 1 aliphatic heterocycles. The first-order chi connectivity index (χ1) is 12.8. The predicted molar refractivity (Wildman–Crippen MR) is 116 cm³/mol. The summed E-state index contributed by atoms with van der Waals surface area (Å²) in [6.07, 6.45) is 5.24. The second-order valence-corrected chi connectivity index (χ2v) is 9.28. The normalized spacial score (nSPS) is 16.0. The SMILES string of the molecule is CCNC(=NCCCSc1nccs1)NC1CCN(c2cccs2)CC1. The number of hydrogen-bond donors (Lipinski definition) is 2. The Balaban J connectivity index is 1.38. The molecule has 1 saturated heterocycles. The minimum absolute atomic E-state index is 0.508. The van der Waals surface area contributed by atoms with Crippen LogP contribution in [0.25, 0.3) is 0 Å². The lowest BCUT2D eigenvalue weighted by molar-refractivity contribution is 0.463. The number of anilines is 1. The van der Waals surface area contributed by atoms with Crippen molar-refractivity contribution in [2.24, 2.45) is 4.99 Å². The van der Waals surface area contributed by atoms with Crippen LogP contribution in [0.15, 0.2) is 38.4 Å². The van der Waals surface area contributed by atoms with Crippen LogP contribution in [-0.2, 0) is 0 Å². The van der Waals surface area contributed by atoms with Crippen LogP contribution in [0, 0.1) is 0 Å². The van der Waals surface area contributed by atoms with Gasteiger partial charge in [0.25, 0.3) is 0 Å². The molecular formula is C18H27N5S3. The van der Waals surface area contributed by atoms with E-state index in [4.69, 9.17) is 4.99 Å². The lowest BCUT2D eigenvalue weighted by atomic mass is 10.1. The molecule has 3 heterocycles. The standard InChI is InChI=1S/C18H27N5S3/c1-2-19-17(20-8-4-13-25-18-21-9-14-26-18)22-15-6-10-23(11-7-15)16-5-3-12-24-16/h3,5,9,12,14-15H,2,4,6-8,10-11,13H2,1H3,(H2,19,20,22). The number of piperidine rings is 1. The summed E-state index contributed by atoms with van der Waals surface area (Å²) in [6, 6.07) is 4.86. The number of thiazole rings is 1. The number of nitrogens with one attached hydrogen (secondary N) is 2. The van der Waals surface area contributed by atoms with E-state index < -0.39 is 0 Å². The van der Waals surface area contributed by atoms with E-state index in [1.54, 1.807) is 11.3 Å². The van der Waals surface area contributed by atoms with Crippen molar-refractivity contribution < 1.29 is 0 Å². The molecule has 142 valence electrons. The Morgan fingerprint density at radius 1 is 1.35 bits per heavy atom. The van der Waals surface area contributed by atoms with Gasteiger partial charge < -0.3 is 15.5 Å². The number of thioether (sulfide) groups is 1. The van der Waals surface area contributed by atoms with Crippen molar-refractivity contribution in [2.75, 3.05) is 36.8 Å². The van der Waals surface area contributed by atoms with Gasteiger partial charge in [0.05, 0.1) is 5.00 Å². The quantitative estimate of drug-likeness (QED) is 0.300. The molecule has 2 aromatic heterocycles. The number of hydrogen-bond acceptors (Lipinski definition) is 6. The first-order valence-electron chi connectivity index (χ1n) is 9.20. The molecule has 0 atom stereocenters. The highest BCUT2D eigenvalue weighted by Gasteiger charge is 2.20. The van der Waals surface area contributed by atoms with E-state index in [1.807, 2.05) is 34.7 Å². The van der Waals surface area contributed by atoms with E-state index in [-0.39, 0.29) is 0 Å². The number of aromatic nitrogens is 1. The molecule has 0 unspecified atom stereocenters. The molecule has 2 N–H and O–H groups in total. The fraction of sp³-hybridized carbons (Fsp3) is 0.556.